The maximum absolute atomic E-state index is 12.4. The minimum Gasteiger partial charge on any atom is -0.339 e. The molecule has 0 spiro atoms. The highest BCUT2D eigenvalue weighted by molar-refractivity contribution is 6.05. The van der Waals surface area contributed by atoms with E-state index < -0.39 is 0 Å². The van der Waals surface area contributed by atoms with Gasteiger partial charge in [-0.3, -0.25) is 19.5 Å². The molecule has 25 heavy (non-hydrogen) atoms. The Balaban J connectivity index is 1.34. The summed E-state index contributed by atoms with van der Waals surface area (Å²) in [6.07, 6.45) is 8.33. The van der Waals surface area contributed by atoms with Crippen LogP contribution in [-0.2, 0) is 16.0 Å². The number of pyridine rings is 1. The second-order valence-electron chi connectivity index (χ2n) is 6.68. The van der Waals surface area contributed by atoms with Gasteiger partial charge in [0.05, 0.1) is 11.8 Å². The van der Waals surface area contributed by atoms with Crippen LogP contribution in [0.5, 0.6) is 0 Å². The van der Waals surface area contributed by atoms with Gasteiger partial charge in [0.1, 0.15) is 0 Å². The summed E-state index contributed by atoms with van der Waals surface area (Å²) in [4.78, 5) is 34.6. The normalized spacial score (nSPS) is 23.1. The van der Waals surface area contributed by atoms with E-state index in [1.165, 1.54) is 4.90 Å². The predicted octanol–water partition coefficient (Wildman–Crippen LogP) is 2.24. The molecule has 7 heteroatoms. The summed E-state index contributed by atoms with van der Waals surface area (Å²) in [6.45, 7) is 0.428. The van der Waals surface area contributed by atoms with Crippen LogP contribution >= 0.6 is 0 Å². The van der Waals surface area contributed by atoms with E-state index >= 15 is 0 Å². The minimum absolute atomic E-state index is 0.0118. The van der Waals surface area contributed by atoms with Gasteiger partial charge >= 0.3 is 0 Å². The third-order valence-corrected chi connectivity index (χ3v) is 5.11. The van der Waals surface area contributed by atoms with Crippen LogP contribution in [0.3, 0.4) is 0 Å². The quantitative estimate of drug-likeness (QED) is 0.776. The topological polar surface area (TPSA) is 89.2 Å². The van der Waals surface area contributed by atoms with E-state index in [4.69, 9.17) is 4.52 Å². The molecule has 2 atom stereocenters. The first-order chi connectivity index (χ1) is 12.2. The maximum Gasteiger partial charge on any atom is 0.233 e. The molecule has 2 aromatic heterocycles. The number of imide groups is 1. The molecular weight excluding hydrogens is 320 g/mol. The van der Waals surface area contributed by atoms with Crippen LogP contribution in [0.25, 0.3) is 11.4 Å². The summed E-state index contributed by atoms with van der Waals surface area (Å²) in [5.41, 5.74) is 0.846. The van der Waals surface area contributed by atoms with Crippen LogP contribution in [0.1, 0.15) is 38.0 Å². The number of hydrogen-bond donors (Lipinski definition) is 0. The molecule has 2 aromatic rings. The second-order valence-corrected chi connectivity index (χ2v) is 6.68. The number of nitrogens with zero attached hydrogens (tertiary/aromatic N) is 4. The lowest BCUT2D eigenvalue weighted by Crippen LogP contribution is -2.32. The zero-order valence-electron chi connectivity index (χ0n) is 13.9. The van der Waals surface area contributed by atoms with Gasteiger partial charge in [0.15, 0.2) is 0 Å². The van der Waals surface area contributed by atoms with Crippen molar-refractivity contribution in [2.45, 2.75) is 38.5 Å². The molecule has 4 rings (SSSR count). The molecule has 2 aliphatic rings. The van der Waals surface area contributed by atoms with Gasteiger partial charge in [0.25, 0.3) is 0 Å². The number of aromatic nitrogens is 3. The highest BCUT2D eigenvalue weighted by Gasteiger charge is 2.47. The summed E-state index contributed by atoms with van der Waals surface area (Å²) < 4.78 is 5.26. The fraction of sp³-hybridized carbons (Fsp3) is 0.500. The van der Waals surface area contributed by atoms with Crippen molar-refractivity contribution in [3.63, 3.8) is 0 Å². The zero-order chi connectivity index (χ0) is 17.2. The molecular formula is C18H20N4O3. The van der Waals surface area contributed by atoms with Gasteiger partial charge in [-0.1, -0.05) is 18.0 Å². The Morgan fingerprint density at radius 1 is 1.08 bits per heavy atom. The van der Waals surface area contributed by atoms with E-state index in [2.05, 4.69) is 15.1 Å². The minimum atomic E-state index is -0.0806. The fourth-order valence-corrected chi connectivity index (χ4v) is 3.81. The van der Waals surface area contributed by atoms with Crippen molar-refractivity contribution in [3.8, 4) is 11.4 Å². The third-order valence-electron chi connectivity index (χ3n) is 5.11. The van der Waals surface area contributed by atoms with Crippen LogP contribution in [0.15, 0.2) is 29.0 Å². The van der Waals surface area contributed by atoms with Gasteiger partial charge in [-0.15, -0.1) is 0 Å². The number of amides is 2. The van der Waals surface area contributed by atoms with Gasteiger partial charge < -0.3 is 4.52 Å². The van der Waals surface area contributed by atoms with E-state index in [9.17, 15) is 9.59 Å². The molecule has 2 fully saturated rings. The highest BCUT2D eigenvalue weighted by Crippen LogP contribution is 2.38. The summed E-state index contributed by atoms with van der Waals surface area (Å²) in [5, 5.41) is 3.96. The number of likely N-dealkylation sites (tertiary alicyclic amines) is 1. The first kappa shape index (κ1) is 15.9. The van der Waals surface area contributed by atoms with E-state index in [-0.39, 0.29) is 23.7 Å². The van der Waals surface area contributed by atoms with Crippen LogP contribution < -0.4 is 0 Å². The van der Waals surface area contributed by atoms with Crippen LogP contribution in [0.4, 0.5) is 0 Å². The van der Waals surface area contributed by atoms with Crippen molar-refractivity contribution in [1.82, 2.24) is 20.0 Å². The lowest BCUT2D eigenvalue weighted by molar-refractivity contribution is -0.139. The number of carbonyl (C=O) groups excluding carboxylic acids is 2. The van der Waals surface area contributed by atoms with Crippen molar-refractivity contribution in [2.75, 3.05) is 6.54 Å². The predicted molar refractivity (Wildman–Crippen MR) is 88.0 cm³/mol. The number of carbonyl (C=O) groups is 2. The van der Waals surface area contributed by atoms with Crippen molar-refractivity contribution in [2.24, 2.45) is 11.8 Å². The summed E-state index contributed by atoms with van der Waals surface area (Å²) in [5.74, 6) is 0.904. The molecule has 0 N–H and O–H groups in total. The second kappa shape index (κ2) is 6.74. The first-order valence-corrected chi connectivity index (χ1v) is 8.82. The lowest BCUT2D eigenvalue weighted by Gasteiger charge is -2.19. The van der Waals surface area contributed by atoms with Crippen LogP contribution in [0, 0.1) is 11.8 Å². The van der Waals surface area contributed by atoms with E-state index in [0.717, 1.165) is 31.2 Å². The molecule has 2 amide bonds. The molecule has 7 nitrogen and oxygen atoms in total. The van der Waals surface area contributed by atoms with Gasteiger partial charge in [0.2, 0.25) is 23.5 Å². The van der Waals surface area contributed by atoms with E-state index in [0.29, 0.717) is 31.1 Å². The SMILES string of the molecule is O=C1[C@@H]2CCCC[C@H]2C(=O)N1CCCc1nc(-c2ccncc2)no1. The summed E-state index contributed by atoms with van der Waals surface area (Å²) in [6, 6.07) is 3.63. The zero-order valence-corrected chi connectivity index (χ0v) is 13.9. The average molecular weight is 340 g/mol. The Morgan fingerprint density at radius 2 is 1.76 bits per heavy atom. The average Bonchev–Trinajstić information content (AvgIpc) is 3.22. The fourth-order valence-electron chi connectivity index (χ4n) is 3.81. The van der Waals surface area contributed by atoms with Gasteiger partial charge in [0, 0.05) is 30.9 Å². The molecule has 130 valence electrons. The Morgan fingerprint density at radius 3 is 2.44 bits per heavy atom. The molecule has 1 aliphatic carbocycles. The van der Waals surface area contributed by atoms with Gasteiger partial charge in [-0.25, -0.2) is 0 Å². The Kier molecular flexibility index (Phi) is 4.29. The molecule has 1 saturated heterocycles. The number of rotatable bonds is 5. The molecule has 3 heterocycles. The highest BCUT2D eigenvalue weighted by atomic mass is 16.5. The Bertz CT molecular complexity index is 750. The Labute approximate surface area is 145 Å². The lowest BCUT2D eigenvalue weighted by atomic mass is 9.81. The van der Waals surface area contributed by atoms with Gasteiger partial charge in [-0.05, 0) is 31.4 Å². The molecule has 1 saturated carbocycles. The molecule has 0 aromatic carbocycles. The Hall–Kier alpha value is -2.57. The maximum atomic E-state index is 12.4. The van der Waals surface area contributed by atoms with Crippen molar-refractivity contribution >= 4 is 11.8 Å². The van der Waals surface area contributed by atoms with Crippen molar-refractivity contribution < 1.29 is 14.1 Å². The third kappa shape index (κ3) is 3.06. The van der Waals surface area contributed by atoms with Crippen molar-refractivity contribution in [3.05, 3.63) is 30.4 Å². The number of fused-ring (bicyclic) bond motifs is 1. The summed E-state index contributed by atoms with van der Waals surface area (Å²) >= 11 is 0. The van der Waals surface area contributed by atoms with E-state index in [1.807, 2.05) is 12.1 Å². The van der Waals surface area contributed by atoms with E-state index in [1.54, 1.807) is 12.4 Å². The van der Waals surface area contributed by atoms with Crippen LogP contribution in [-0.4, -0.2) is 38.4 Å². The van der Waals surface area contributed by atoms with Crippen molar-refractivity contribution in [1.29, 1.82) is 0 Å². The molecule has 0 radical (unpaired) electrons. The number of aryl methyl sites for hydroxylation is 1. The molecule has 1 aliphatic heterocycles. The number of hydrogen-bond acceptors (Lipinski definition) is 6. The monoisotopic (exact) mass is 340 g/mol. The largest absolute Gasteiger partial charge is 0.339 e. The van der Waals surface area contributed by atoms with Gasteiger partial charge in [-0.2, -0.15) is 4.98 Å². The van der Waals surface area contributed by atoms with Crippen LogP contribution in [0.2, 0.25) is 0 Å². The molecule has 0 unspecified atom stereocenters. The standard InChI is InChI=1S/C18H20N4O3/c23-17-13-4-1-2-5-14(13)18(24)22(17)11-3-6-15-20-16(21-25-15)12-7-9-19-10-8-12/h7-10,13-14H,1-6,11H2/t13-,14-/m1/s1. The smallest absolute Gasteiger partial charge is 0.233 e. The first-order valence-electron chi connectivity index (χ1n) is 8.82. The molecule has 0 bridgehead atoms. The summed E-state index contributed by atoms with van der Waals surface area (Å²) in [7, 11) is 0.